The van der Waals surface area contributed by atoms with Gasteiger partial charge >= 0.3 is 0 Å². The van der Waals surface area contributed by atoms with Gasteiger partial charge in [0.15, 0.2) is 0 Å². The fourth-order valence-electron chi connectivity index (χ4n) is 4.47. The normalized spacial score (nSPS) is 27.1. The maximum Gasteiger partial charge on any atom is 0.238 e. The molecule has 0 aromatic heterocycles. The van der Waals surface area contributed by atoms with E-state index in [4.69, 9.17) is 0 Å². The Balaban J connectivity index is 1.62. The number of carbonyl (C=O) groups is 1. The van der Waals surface area contributed by atoms with Crippen LogP contribution in [0, 0.1) is 0 Å². The van der Waals surface area contributed by atoms with Crippen molar-refractivity contribution in [3.05, 3.63) is 29.8 Å². The highest BCUT2D eigenvalue weighted by atomic mass is 32.2. The number of para-hydroxylation sites is 1. The van der Waals surface area contributed by atoms with Crippen molar-refractivity contribution >= 4 is 21.6 Å². The van der Waals surface area contributed by atoms with E-state index in [0.717, 1.165) is 24.1 Å². The summed E-state index contributed by atoms with van der Waals surface area (Å²) in [6.45, 7) is 3.58. The SMILES string of the molecule is CCc1ccccc1NC(=O)CN1CC[C@@]2(CCCN2S(C)(=O)=O)[C@@H](O)C1. The molecule has 2 heterocycles. The molecule has 1 aromatic carbocycles. The van der Waals surface area contributed by atoms with E-state index in [1.54, 1.807) is 0 Å². The van der Waals surface area contributed by atoms with Crippen molar-refractivity contribution in [3.8, 4) is 0 Å². The van der Waals surface area contributed by atoms with Crippen molar-refractivity contribution in [3.63, 3.8) is 0 Å². The van der Waals surface area contributed by atoms with E-state index in [1.165, 1.54) is 10.6 Å². The van der Waals surface area contributed by atoms with Gasteiger partial charge in [-0.05, 0) is 37.3 Å². The van der Waals surface area contributed by atoms with Gasteiger partial charge < -0.3 is 10.4 Å². The Bertz CT molecular complexity index is 798. The molecule has 1 spiro atoms. The number of aliphatic hydroxyl groups is 1. The van der Waals surface area contributed by atoms with Gasteiger partial charge in [-0.15, -0.1) is 0 Å². The Morgan fingerprint density at radius 2 is 2.04 bits per heavy atom. The van der Waals surface area contributed by atoms with Crippen LogP contribution in [0.25, 0.3) is 0 Å². The van der Waals surface area contributed by atoms with Crippen LogP contribution in [0.4, 0.5) is 5.69 Å². The molecular weight excluding hydrogens is 366 g/mol. The van der Waals surface area contributed by atoms with Crippen molar-refractivity contribution in [2.45, 2.75) is 44.2 Å². The molecule has 3 rings (SSSR count). The van der Waals surface area contributed by atoms with Crippen molar-refractivity contribution < 1.29 is 18.3 Å². The highest BCUT2D eigenvalue weighted by molar-refractivity contribution is 7.88. The summed E-state index contributed by atoms with van der Waals surface area (Å²) in [6, 6.07) is 7.72. The summed E-state index contributed by atoms with van der Waals surface area (Å²) in [5.41, 5.74) is 1.19. The van der Waals surface area contributed by atoms with Gasteiger partial charge in [-0.1, -0.05) is 25.1 Å². The molecule has 2 fully saturated rings. The number of likely N-dealkylation sites (tertiary alicyclic amines) is 1. The number of benzene rings is 1. The summed E-state index contributed by atoms with van der Waals surface area (Å²) in [4.78, 5) is 14.4. The minimum Gasteiger partial charge on any atom is -0.390 e. The highest BCUT2D eigenvalue weighted by Crippen LogP contribution is 2.40. The topological polar surface area (TPSA) is 90.0 Å². The van der Waals surface area contributed by atoms with Crippen molar-refractivity contribution in [1.29, 1.82) is 0 Å². The average Bonchev–Trinajstić information content (AvgIpc) is 3.04. The second-order valence-corrected chi connectivity index (χ2v) is 9.51. The van der Waals surface area contributed by atoms with Gasteiger partial charge in [-0.3, -0.25) is 9.69 Å². The zero-order valence-corrected chi connectivity index (χ0v) is 16.8. The average molecular weight is 396 g/mol. The van der Waals surface area contributed by atoms with Crippen LogP contribution in [0.5, 0.6) is 0 Å². The lowest BCUT2D eigenvalue weighted by Gasteiger charge is -2.47. The van der Waals surface area contributed by atoms with Crippen LogP contribution in [-0.2, 0) is 21.2 Å². The molecular formula is C19H29N3O4S. The lowest BCUT2D eigenvalue weighted by atomic mass is 9.83. The fraction of sp³-hybridized carbons (Fsp3) is 0.632. The van der Waals surface area contributed by atoms with Crippen molar-refractivity contribution in [1.82, 2.24) is 9.21 Å². The third-order valence-corrected chi connectivity index (χ3v) is 7.17. The van der Waals surface area contributed by atoms with Gasteiger partial charge in [0.25, 0.3) is 0 Å². The van der Waals surface area contributed by atoms with E-state index < -0.39 is 21.7 Å². The predicted molar refractivity (Wildman–Crippen MR) is 105 cm³/mol. The third-order valence-electron chi connectivity index (χ3n) is 5.82. The molecule has 0 unspecified atom stereocenters. The molecule has 0 radical (unpaired) electrons. The molecule has 0 bridgehead atoms. The lowest BCUT2D eigenvalue weighted by molar-refractivity contribution is -0.119. The fourth-order valence-corrected chi connectivity index (χ4v) is 5.89. The zero-order valence-electron chi connectivity index (χ0n) is 16.0. The van der Waals surface area contributed by atoms with Crippen LogP contribution < -0.4 is 5.32 Å². The molecule has 0 aliphatic carbocycles. The molecule has 8 heteroatoms. The molecule has 27 heavy (non-hydrogen) atoms. The van der Waals surface area contributed by atoms with E-state index in [9.17, 15) is 18.3 Å². The number of nitrogens with one attached hydrogen (secondary N) is 1. The Morgan fingerprint density at radius 1 is 1.30 bits per heavy atom. The summed E-state index contributed by atoms with van der Waals surface area (Å²) >= 11 is 0. The van der Waals surface area contributed by atoms with Gasteiger partial charge in [-0.25, -0.2) is 8.42 Å². The molecule has 2 atom stereocenters. The number of aliphatic hydroxyl groups excluding tert-OH is 1. The van der Waals surface area contributed by atoms with Crippen LogP contribution in [0.15, 0.2) is 24.3 Å². The number of nitrogens with zero attached hydrogens (tertiary/aromatic N) is 2. The van der Waals surface area contributed by atoms with Gasteiger partial charge in [0.05, 0.1) is 24.4 Å². The summed E-state index contributed by atoms with van der Waals surface area (Å²) in [5, 5.41) is 13.7. The monoisotopic (exact) mass is 395 g/mol. The number of rotatable bonds is 5. The molecule has 2 N–H and O–H groups in total. The number of sulfonamides is 1. The maximum absolute atomic E-state index is 12.5. The van der Waals surface area contributed by atoms with Crippen LogP contribution in [-0.4, -0.2) is 72.7 Å². The molecule has 2 aliphatic heterocycles. The number of piperidine rings is 1. The number of hydrogen-bond donors (Lipinski definition) is 2. The van der Waals surface area contributed by atoms with Crippen molar-refractivity contribution in [2.24, 2.45) is 0 Å². The molecule has 2 saturated heterocycles. The minimum absolute atomic E-state index is 0.120. The predicted octanol–water partition coefficient (Wildman–Crippen LogP) is 1.05. The Labute approximate surface area is 161 Å². The Hall–Kier alpha value is -1.48. The Morgan fingerprint density at radius 3 is 2.70 bits per heavy atom. The lowest BCUT2D eigenvalue weighted by Crippen LogP contribution is -2.63. The van der Waals surface area contributed by atoms with Gasteiger partial charge in [0.2, 0.25) is 15.9 Å². The number of aryl methyl sites for hydroxylation is 1. The number of amides is 1. The summed E-state index contributed by atoms with van der Waals surface area (Å²) in [6.07, 6.45) is 3.23. The van der Waals surface area contributed by atoms with Crippen LogP contribution in [0.3, 0.4) is 0 Å². The van der Waals surface area contributed by atoms with Gasteiger partial charge in [0, 0.05) is 25.3 Å². The standard InChI is InChI=1S/C19H29N3O4S/c1-3-15-7-4-5-8-16(15)20-18(24)14-21-12-10-19(17(23)13-21)9-6-11-22(19)27(2,25)26/h4-5,7-8,17,23H,3,6,9-14H2,1-2H3,(H,20,24)/t17-,19-/m0/s1. The molecule has 1 aromatic rings. The van der Waals surface area contributed by atoms with E-state index in [2.05, 4.69) is 5.32 Å². The zero-order chi connectivity index (χ0) is 19.7. The maximum atomic E-state index is 12.5. The molecule has 150 valence electrons. The first-order chi connectivity index (χ1) is 12.8. The molecule has 0 saturated carbocycles. The summed E-state index contributed by atoms with van der Waals surface area (Å²) < 4.78 is 25.7. The quantitative estimate of drug-likeness (QED) is 0.778. The Kier molecular flexibility index (Phi) is 5.90. The van der Waals surface area contributed by atoms with E-state index in [0.29, 0.717) is 32.5 Å². The summed E-state index contributed by atoms with van der Waals surface area (Å²) in [5.74, 6) is -0.120. The molecule has 7 nitrogen and oxygen atoms in total. The second kappa shape index (κ2) is 7.87. The van der Waals surface area contributed by atoms with Crippen LogP contribution in [0.1, 0.15) is 31.7 Å². The minimum atomic E-state index is -3.36. The summed E-state index contributed by atoms with van der Waals surface area (Å²) in [7, 11) is -3.36. The largest absolute Gasteiger partial charge is 0.390 e. The molecule has 1 amide bonds. The number of anilines is 1. The van der Waals surface area contributed by atoms with Crippen LogP contribution >= 0.6 is 0 Å². The van der Waals surface area contributed by atoms with Gasteiger partial charge in [0.1, 0.15) is 0 Å². The second-order valence-electron chi connectivity index (χ2n) is 7.60. The van der Waals surface area contributed by atoms with Crippen LogP contribution in [0.2, 0.25) is 0 Å². The van der Waals surface area contributed by atoms with E-state index in [-0.39, 0.29) is 12.5 Å². The smallest absolute Gasteiger partial charge is 0.238 e. The van der Waals surface area contributed by atoms with E-state index >= 15 is 0 Å². The number of carbonyl (C=O) groups excluding carboxylic acids is 1. The number of β-amino-alcohol motifs (C(OH)–C–C–N with tert-alkyl or cyclic N) is 1. The number of hydrogen-bond acceptors (Lipinski definition) is 5. The first kappa shape index (κ1) is 20.3. The van der Waals surface area contributed by atoms with E-state index in [1.807, 2.05) is 36.1 Å². The van der Waals surface area contributed by atoms with Gasteiger partial charge in [-0.2, -0.15) is 4.31 Å². The molecule has 2 aliphatic rings. The van der Waals surface area contributed by atoms with Crippen molar-refractivity contribution in [2.75, 3.05) is 37.8 Å². The first-order valence-electron chi connectivity index (χ1n) is 9.52. The first-order valence-corrected chi connectivity index (χ1v) is 11.4. The third kappa shape index (κ3) is 4.18. The highest BCUT2D eigenvalue weighted by Gasteiger charge is 2.52.